The molecule has 1 aromatic carbocycles. The van der Waals surface area contributed by atoms with E-state index in [0.29, 0.717) is 5.56 Å². The highest BCUT2D eigenvalue weighted by molar-refractivity contribution is 7.17. The Morgan fingerprint density at radius 3 is 2.75 bits per heavy atom. The van der Waals surface area contributed by atoms with Crippen molar-refractivity contribution in [3.8, 4) is 0 Å². The number of anilines is 1. The summed E-state index contributed by atoms with van der Waals surface area (Å²) in [6.07, 6.45) is 1.59. The molecule has 4 N–H and O–H groups in total. The molecule has 0 fully saturated rings. The SMILES string of the molecule is Nc1sc(C(=O)c2c[nH]c3ccccc23)nc1C(=O)O. The van der Waals surface area contributed by atoms with Gasteiger partial charge < -0.3 is 15.8 Å². The molecule has 0 saturated carbocycles. The van der Waals surface area contributed by atoms with E-state index in [1.165, 1.54) is 0 Å². The Hall–Kier alpha value is -2.67. The fraction of sp³-hybridized carbons (Fsp3) is 0. The molecule has 0 amide bonds. The summed E-state index contributed by atoms with van der Waals surface area (Å²) < 4.78 is 0. The van der Waals surface area contributed by atoms with E-state index in [1.54, 1.807) is 6.20 Å². The number of carbonyl (C=O) groups excluding carboxylic acids is 1. The van der Waals surface area contributed by atoms with Crippen LogP contribution in [0.5, 0.6) is 0 Å². The van der Waals surface area contributed by atoms with Gasteiger partial charge in [0.25, 0.3) is 0 Å². The molecule has 20 heavy (non-hydrogen) atoms. The van der Waals surface area contributed by atoms with Crippen molar-refractivity contribution in [3.63, 3.8) is 0 Å². The number of rotatable bonds is 3. The predicted octanol–water partition coefficient (Wildman–Crippen LogP) is 2.14. The Morgan fingerprint density at radius 2 is 2.05 bits per heavy atom. The summed E-state index contributed by atoms with van der Waals surface area (Å²) in [5.41, 5.74) is 6.56. The third kappa shape index (κ3) is 1.84. The summed E-state index contributed by atoms with van der Waals surface area (Å²) in [6, 6.07) is 7.35. The first kappa shape index (κ1) is 12.4. The molecule has 0 unspecified atom stereocenters. The molecule has 0 saturated heterocycles. The molecule has 0 aliphatic rings. The number of carboxylic acid groups (broad SMARTS) is 1. The molecule has 0 aliphatic carbocycles. The number of para-hydroxylation sites is 1. The number of carboxylic acids is 1. The van der Waals surface area contributed by atoms with Crippen LogP contribution in [0.2, 0.25) is 0 Å². The van der Waals surface area contributed by atoms with E-state index in [2.05, 4.69) is 9.97 Å². The molecule has 3 aromatic rings. The van der Waals surface area contributed by atoms with Gasteiger partial charge in [-0.25, -0.2) is 9.78 Å². The molecule has 2 aromatic heterocycles. The molecule has 0 bridgehead atoms. The summed E-state index contributed by atoms with van der Waals surface area (Å²) in [6.45, 7) is 0. The van der Waals surface area contributed by atoms with Crippen molar-refractivity contribution in [2.45, 2.75) is 0 Å². The normalized spacial score (nSPS) is 10.8. The molecule has 7 heteroatoms. The van der Waals surface area contributed by atoms with Crippen LogP contribution in [0.15, 0.2) is 30.5 Å². The van der Waals surface area contributed by atoms with Crippen LogP contribution in [0.4, 0.5) is 5.00 Å². The largest absolute Gasteiger partial charge is 0.476 e. The smallest absolute Gasteiger partial charge is 0.357 e. The summed E-state index contributed by atoms with van der Waals surface area (Å²) >= 11 is 0.880. The number of nitrogen functional groups attached to an aromatic ring is 1. The van der Waals surface area contributed by atoms with Gasteiger partial charge in [-0.1, -0.05) is 29.5 Å². The highest BCUT2D eigenvalue weighted by atomic mass is 32.1. The molecule has 2 heterocycles. The van der Waals surface area contributed by atoms with Crippen LogP contribution in [-0.4, -0.2) is 26.8 Å². The van der Waals surface area contributed by atoms with E-state index in [4.69, 9.17) is 10.8 Å². The molecule has 0 atom stereocenters. The van der Waals surface area contributed by atoms with Crippen molar-refractivity contribution < 1.29 is 14.7 Å². The zero-order chi connectivity index (χ0) is 14.3. The van der Waals surface area contributed by atoms with Gasteiger partial charge in [0.1, 0.15) is 5.00 Å². The Labute approximate surface area is 116 Å². The monoisotopic (exact) mass is 287 g/mol. The number of aromatic carboxylic acids is 1. The van der Waals surface area contributed by atoms with Crippen LogP contribution in [0.25, 0.3) is 10.9 Å². The first-order valence-electron chi connectivity index (χ1n) is 5.68. The zero-order valence-corrected chi connectivity index (χ0v) is 10.9. The number of nitrogens with one attached hydrogen (secondary N) is 1. The molecule has 0 aliphatic heterocycles. The van der Waals surface area contributed by atoms with Crippen LogP contribution < -0.4 is 5.73 Å². The molecule has 0 spiro atoms. The van der Waals surface area contributed by atoms with E-state index in [9.17, 15) is 9.59 Å². The third-order valence-electron chi connectivity index (χ3n) is 2.88. The van der Waals surface area contributed by atoms with Crippen LogP contribution in [0.1, 0.15) is 25.9 Å². The van der Waals surface area contributed by atoms with E-state index >= 15 is 0 Å². The number of fused-ring (bicyclic) bond motifs is 1. The van der Waals surface area contributed by atoms with Gasteiger partial charge in [0, 0.05) is 17.1 Å². The van der Waals surface area contributed by atoms with Crippen molar-refractivity contribution >= 4 is 39.0 Å². The fourth-order valence-corrected chi connectivity index (χ4v) is 2.73. The fourth-order valence-electron chi connectivity index (χ4n) is 1.96. The number of nitrogens with two attached hydrogens (primary N) is 1. The second-order valence-electron chi connectivity index (χ2n) is 4.11. The van der Waals surface area contributed by atoms with Crippen LogP contribution in [0.3, 0.4) is 0 Å². The highest BCUT2D eigenvalue weighted by Crippen LogP contribution is 2.26. The maximum Gasteiger partial charge on any atom is 0.357 e. The van der Waals surface area contributed by atoms with Gasteiger partial charge in [-0.15, -0.1) is 0 Å². The number of ketones is 1. The van der Waals surface area contributed by atoms with E-state index < -0.39 is 5.97 Å². The first-order valence-corrected chi connectivity index (χ1v) is 6.50. The lowest BCUT2D eigenvalue weighted by atomic mass is 10.1. The Morgan fingerprint density at radius 1 is 1.30 bits per heavy atom. The second-order valence-corrected chi connectivity index (χ2v) is 5.14. The van der Waals surface area contributed by atoms with Gasteiger partial charge in [0.05, 0.1) is 5.56 Å². The van der Waals surface area contributed by atoms with Crippen LogP contribution in [0, 0.1) is 0 Å². The predicted molar refractivity (Wildman–Crippen MR) is 75.2 cm³/mol. The Bertz CT molecular complexity index is 834. The number of thiazole rings is 1. The van der Waals surface area contributed by atoms with Crippen LogP contribution >= 0.6 is 11.3 Å². The van der Waals surface area contributed by atoms with Gasteiger partial charge in [0.2, 0.25) is 5.78 Å². The van der Waals surface area contributed by atoms with Crippen molar-refractivity contribution in [2.75, 3.05) is 5.73 Å². The van der Waals surface area contributed by atoms with Gasteiger partial charge in [-0.2, -0.15) is 0 Å². The summed E-state index contributed by atoms with van der Waals surface area (Å²) in [5, 5.41) is 9.78. The second kappa shape index (κ2) is 4.46. The van der Waals surface area contributed by atoms with Crippen LogP contribution in [-0.2, 0) is 0 Å². The quantitative estimate of drug-likeness (QED) is 0.639. The number of hydrogen-bond donors (Lipinski definition) is 3. The van der Waals surface area contributed by atoms with Crippen molar-refractivity contribution in [1.29, 1.82) is 0 Å². The minimum Gasteiger partial charge on any atom is -0.476 e. The lowest BCUT2D eigenvalue weighted by Gasteiger charge is -1.94. The molecule has 3 rings (SSSR count). The molecule has 0 radical (unpaired) electrons. The maximum atomic E-state index is 12.4. The lowest BCUT2D eigenvalue weighted by molar-refractivity contribution is 0.0692. The number of H-pyrrole nitrogens is 1. The van der Waals surface area contributed by atoms with Gasteiger partial charge in [-0.05, 0) is 6.07 Å². The summed E-state index contributed by atoms with van der Waals surface area (Å²) in [5.74, 6) is -1.58. The molecule has 100 valence electrons. The zero-order valence-electron chi connectivity index (χ0n) is 10.1. The Balaban J connectivity index is 2.09. The molecular weight excluding hydrogens is 278 g/mol. The molecular formula is C13H9N3O3S. The standard InChI is InChI=1S/C13H9N3O3S/c14-11-9(13(18)19)16-12(20-11)10(17)7-5-15-8-4-2-1-3-6(7)8/h1-5,15H,14H2,(H,18,19). The van der Waals surface area contributed by atoms with Crippen molar-refractivity contribution in [3.05, 3.63) is 46.7 Å². The average molecular weight is 287 g/mol. The lowest BCUT2D eigenvalue weighted by Crippen LogP contribution is -2.03. The van der Waals surface area contributed by atoms with Gasteiger partial charge in [0.15, 0.2) is 10.7 Å². The van der Waals surface area contributed by atoms with Gasteiger partial charge in [-0.3, -0.25) is 4.79 Å². The minimum atomic E-state index is -1.24. The average Bonchev–Trinajstić information content (AvgIpc) is 3.01. The minimum absolute atomic E-state index is 0.0284. The molecule has 6 nitrogen and oxygen atoms in total. The number of nitrogens with zero attached hydrogens (tertiary/aromatic N) is 1. The number of carbonyl (C=O) groups is 2. The topological polar surface area (TPSA) is 109 Å². The number of aromatic amines is 1. The number of aromatic nitrogens is 2. The third-order valence-corrected chi connectivity index (χ3v) is 3.77. The summed E-state index contributed by atoms with van der Waals surface area (Å²) in [7, 11) is 0. The van der Waals surface area contributed by atoms with Crippen molar-refractivity contribution in [2.24, 2.45) is 0 Å². The van der Waals surface area contributed by atoms with E-state index in [0.717, 1.165) is 22.2 Å². The number of benzene rings is 1. The van der Waals surface area contributed by atoms with Gasteiger partial charge >= 0.3 is 5.97 Å². The maximum absolute atomic E-state index is 12.4. The van der Waals surface area contributed by atoms with E-state index in [1.807, 2.05) is 24.3 Å². The highest BCUT2D eigenvalue weighted by Gasteiger charge is 2.22. The number of hydrogen-bond acceptors (Lipinski definition) is 5. The Kier molecular flexibility index (Phi) is 2.76. The summed E-state index contributed by atoms with van der Waals surface area (Å²) in [4.78, 5) is 30.1. The van der Waals surface area contributed by atoms with Crippen molar-refractivity contribution in [1.82, 2.24) is 9.97 Å². The first-order chi connectivity index (χ1) is 9.58. The van der Waals surface area contributed by atoms with E-state index in [-0.39, 0.29) is 21.5 Å².